The fraction of sp³-hybridized carbons (Fsp3) is 0.600. The molecule has 0 radical (unpaired) electrons. The molecule has 1 aromatic carbocycles. The minimum atomic E-state index is -0.747. The van der Waals surface area contributed by atoms with Crippen LogP contribution >= 0.6 is 0 Å². The molecule has 0 spiro atoms. The second-order valence-electron chi connectivity index (χ2n) is 10.2. The first-order valence-electron chi connectivity index (χ1n) is 11.5. The van der Waals surface area contributed by atoms with Crippen molar-refractivity contribution in [2.75, 3.05) is 0 Å². The van der Waals surface area contributed by atoms with E-state index in [0.717, 1.165) is 24.8 Å². The summed E-state index contributed by atoms with van der Waals surface area (Å²) >= 11 is 0. The van der Waals surface area contributed by atoms with Gasteiger partial charge in [-0.2, -0.15) is 0 Å². The smallest absolute Gasteiger partial charge is 0.338 e. The Morgan fingerprint density at radius 1 is 0.968 bits per heavy atom. The number of carbonyl (C=O) groups excluding carboxylic acids is 4. The van der Waals surface area contributed by atoms with E-state index >= 15 is 0 Å². The molecule has 0 aromatic heterocycles. The summed E-state index contributed by atoms with van der Waals surface area (Å²) in [6, 6.07) is 6.71. The molecule has 5 aliphatic rings. The van der Waals surface area contributed by atoms with Crippen molar-refractivity contribution in [2.24, 2.45) is 23.2 Å². The Bertz CT molecular complexity index is 882. The summed E-state index contributed by atoms with van der Waals surface area (Å²) < 4.78 is 5.59. The number of likely N-dealkylation sites (tertiary alicyclic amines) is 1. The number of esters is 1. The summed E-state index contributed by atoms with van der Waals surface area (Å²) in [5, 5.41) is 0. The van der Waals surface area contributed by atoms with Crippen molar-refractivity contribution in [2.45, 2.75) is 70.9 Å². The maximum atomic E-state index is 13.3. The Hall–Kier alpha value is -2.50. The van der Waals surface area contributed by atoms with Gasteiger partial charge in [0.25, 0.3) is 0 Å². The molecule has 4 aliphatic carbocycles. The van der Waals surface area contributed by atoms with Gasteiger partial charge in [-0.1, -0.05) is 12.1 Å². The van der Waals surface area contributed by atoms with Crippen LogP contribution in [0.4, 0.5) is 0 Å². The number of Topliss-reactive ketones (excluding diaryl/α,β-unsaturated/α-hetero) is 1. The van der Waals surface area contributed by atoms with Crippen LogP contribution in [0, 0.1) is 23.2 Å². The molecule has 5 fully saturated rings. The number of ether oxygens (including phenoxy) is 1. The van der Waals surface area contributed by atoms with Crippen LogP contribution < -0.4 is 0 Å². The van der Waals surface area contributed by atoms with Crippen LogP contribution in [0.3, 0.4) is 0 Å². The highest BCUT2D eigenvalue weighted by molar-refractivity contribution is 6.01. The first kappa shape index (κ1) is 20.4. The van der Waals surface area contributed by atoms with Gasteiger partial charge in [-0.15, -0.1) is 0 Å². The molecular formula is C25H29NO5. The molecule has 6 heteroatoms. The van der Waals surface area contributed by atoms with Gasteiger partial charge < -0.3 is 4.74 Å². The predicted octanol–water partition coefficient (Wildman–Crippen LogP) is 3.67. The lowest BCUT2D eigenvalue weighted by Gasteiger charge is -2.56. The fourth-order valence-electron chi connectivity index (χ4n) is 6.85. The van der Waals surface area contributed by atoms with Gasteiger partial charge in [0.05, 0.1) is 12.1 Å². The fourth-order valence-corrected chi connectivity index (χ4v) is 6.85. The van der Waals surface area contributed by atoms with Crippen molar-refractivity contribution < 1.29 is 23.9 Å². The van der Waals surface area contributed by atoms with Gasteiger partial charge >= 0.3 is 5.97 Å². The van der Waals surface area contributed by atoms with Crippen LogP contribution in [0.15, 0.2) is 24.3 Å². The van der Waals surface area contributed by atoms with Gasteiger partial charge in [0.15, 0.2) is 11.9 Å². The molecule has 4 saturated carbocycles. The molecular weight excluding hydrogens is 394 g/mol. The topological polar surface area (TPSA) is 80.8 Å². The average Bonchev–Trinajstić information content (AvgIpc) is 3.04. The Balaban J connectivity index is 1.21. The Morgan fingerprint density at radius 3 is 2.00 bits per heavy atom. The normalized spacial score (nSPS) is 32.4. The van der Waals surface area contributed by atoms with E-state index in [1.807, 2.05) is 0 Å². The van der Waals surface area contributed by atoms with Crippen LogP contribution in [0.5, 0.6) is 0 Å². The lowest BCUT2D eigenvalue weighted by molar-refractivity contribution is -0.152. The van der Waals surface area contributed by atoms with Crippen molar-refractivity contribution in [1.82, 2.24) is 4.90 Å². The number of carbonyl (C=O) groups is 4. The highest BCUT2D eigenvalue weighted by Gasteiger charge is 2.55. The molecule has 2 amide bonds. The van der Waals surface area contributed by atoms with Gasteiger partial charge in [-0.25, -0.2) is 4.79 Å². The van der Waals surface area contributed by atoms with Crippen LogP contribution in [-0.2, 0) is 25.7 Å². The molecule has 31 heavy (non-hydrogen) atoms. The maximum Gasteiger partial charge on any atom is 0.338 e. The average molecular weight is 424 g/mol. The molecule has 1 heterocycles. The van der Waals surface area contributed by atoms with Gasteiger partial charge in [-0.05, 0) is 80.9 Å². The number of amides is 2. The summed E-state index contributed by atoms with van der Waals surface area (Å²) in [6.07, 6.45) is 6.46. The van der Waals surface area contributed by atoms with E-state index < -0.39 is 12.1 Å². The van der Waals surface area contributed by atoms with Crippen molar-refractivity contribution >= 4 is 23.6 Å². The third kappa shape index (κ3) is 3.70. The zero-order chi connectivity index (χ0) is 21.8. The van der Waals surface area contributed by atoms with Gasteiger partial charge in [-0.3, -0.25) is 19.3 Å². The molecule has 1 aliphatic heterocycles. The number of ketones is 1. The first-order chi connectivity index (χ1) is 14.8. The molecule has 1 aromatic rings. The monoisotopic (exact) mass is 423 g/mol. The number of imide groups is 1. The molecule has 164 valence electrons. The SMILES string of the molecule is CC(OC(=O)c1ccc(CN2C(=O)CCC2=O)cc1)C(=O)C12CC3CC(CC(C3)C1)C2. The third-order valence-electron chi connectivity index (χ3n) is 7.90. The highest BCUT2D eigenvalue weighted by atomic mass is 16.5. The van der Waals surface area contributed by atoms with E-state index in [-0.39, 0.29) is 42.4 Å². The second-order valence-corrected chi connectivity index (χ2v) is 10.2. The quantitative estimate of drug-likeness (QED) is 0.515. The highest BCUT2D eigenvalue weighted by Crippen LogP contribution is 2.60. The summed E-state index contributed by atoms with van der Waals surface area (Å²) in [4.78, 5) is 50.8. The Kier molecular flexibility index (Phi) is 4.98. The molecule has 6 nitrogen and oxygen atoms in total. The Labute approximate surface area is 182 Å². The van der Waals surface area contributed by atoms with E-state index in [4.69, 9.17) is 4.74 Å². The lowest BCUT2D eigenvalue weighted by Crippen LogP contribution is -2.52. The number of benzene rings is 1. The van der Waals surface area contributed by atoms with Crippen LogP contribution in [0.2, 0.25) is 0 Å². The molecule has 1 saturated heterocycles. The van der Waals surface area contributed by atoms with Crippen molar-refractivity contribution in [3.63, 3.8) is 0 Å². The van der Waals surface area contributed by atoms with Crippen molar-refractivity contribution in [1.29, 1.82) is 0 Å². The second kappa shape index (κ2) is 7.57. The predicted molar refractivity (Wildman–Crippen MR) is 112 cm³/mol. The van der Waals surface area contributed by atoms with E-state index in [1.54, 1.807) is 31.2 Å². The van der Waals surface area contributed by atoms with E-state index in [1.165, 1.54) is 24.2 Å². The van der Waals surface area contributed by atoms with Crippen molar-refractivity contribution in [3.8, 4) is 0 Å². The number of hydrogen-bond donors (Lipinski definition) is 0. The summed E-state index contributed by atoms with van der Waals surface area (Å²) in [7, 11) is 0. The minimum Gasteiger partial charge on any atom is -0.451 e. The lowest BCUT2D eigenvalue weighted by atomic mass is 9.48. The Morgan fingerprint density at radius 2 is 1.48 bits per heavy atom. The first-order valence-corrected chi connectivity index (χ1v) is 11.5. The molecule has 6 rings (SSSR count). The summed E-state index contributed by atoms with van der Waals surface area (Å²) in [5.74, 6) is 1.27. The number of nitrogens with zero attached hydrogens (tertiary/aromatic N) is 1. The van der Waals surface area contributed by atoms with Gasteiger partial charge in [0, 0.05) is 18.3 Å². The van der Waals surface area contributed by atoms with Crippen LogP contribution in [-0.4, -0.2) is 34.6 Å². The zero-order valence-corrected chi connectivity index (χ0v) is 18.0. The van der Waals surface area contributed by atoms with Crippen LogP contribution in [0.1, 0.15) is 74.2 Å². The molecule has 1 unspecified atom stereocenters. The minimum absolute atomic E-state index is 0.0997. The number of hydrogen-bond acceptors (Lipinski definition) is 5. The third-order valence-corrected chi connectivity index (χ3v) is 7.90. The number of rotatable bonds is 6. The molecule has 0 N–H and O–H groups in total. The summed E-state index contributed by atoms with van der Waals surface area (Å²) in [5.41, 5.74) is 0.860. The van der Waals surface area contributed by atoms with Gasteiger partial charge in [0.2, 0.25) is 11.8 Å². The van der Waals surface area contributed by atoms with Crippen LogP contribution in [0.25, 0.3) is 0 Å². The largest absolute Gasteiger partial charge is 0.451 e. The zero-order valence-electron chi connectivity index (χ0n) is 18.0. The maximum absolute atomic E-state index is 13.3. The summed E-state index contributed by atoms with van der Waals surface area (Å²) in [6.45, 7) is 1.92. The van der Waals surface area contributed by atoms with E-state index in [0.29, 0.717) is 23.3 Å². The van der Waals surface area contributed by atoms with Crippen molar-refractivity contribution in [3.05, 3.63) is 35.4 Å². The molecule has 4 bridgehead atoms. The van der Waals surface area contributed by atoms with Gasteiger partial charge in [0.1, 0.15) is 0 Å². The van der Waals surface area contributed by atoms with E-state index in [2.05, 4.69) is 0 Å². The standard InChI is InChI=1S/C25H29NO5/c1-15(23(29)25-11-17-8-18(12-25)10-19(9-17)13-25)31-24(30)20-4-2-16(3-5-20)14-26-21(27)6-7-22(26)28/h2-5,15,17-19H,6-14H2,1H3. The van der Waals surface area contributed by atoms with E-state index in [9.17, 15) is 19.2 Å². The molecule has 1 atom stereocenters.